The molecule has 0 saturated heterocycles. The molecule has 0 unspecified atom stereocenters. The fourth-order valence-electron chi connectivity index (χ4n) is 0.888. The second-order valence-electron chi connectivity index (χ2n) is 2.18. The highest BCUT2D eigenvalue weighted by atomic mass is 79.9. The van der Waals surface area contributed by atoms with E-state index in [0.29, 0.717) is 11.0 Å². The molecular weight excluding hydrogens is 229 g/mol. The Labute approximate surface area is 76.7 Å². The van der Waals surface area contributed by atoms with Gasteiger partial charge in [0.05, 0.1) is 6.20 Å². The summed E-state index contributed by atoms with van der Waals surface area (Å²) in [7, 11) is 0. The van der Waals surface area contributed by atoms with Crippen LogP contribution in [-0.2, 0) is 0 Å². The zero-order chi connectivity index (χ0) is 7.84. The van der Waals surface area contributed by atoms with Gasteiger partial charge in [-0.05, 0) is 0 Å². The fraction of sp³-hybridized carbons (Fsp3) is 0.167. The number of azo groups is 1. The molecule has 3 nitrogen and oxygen atoms in total. The molecule has 2 rings (SSSR count). The minimum Gasteiger partial charge on any atom is -0.214 e. The quantitative estimate of drug-likeness (QED) is 0.576. The molecule has 0 radical (unpaired) electrons. The lowest BCUT2D eigenvalue weighted by Crippen LogP contribution is -2.01. The van der Waals surface area contributed by atoms with Crippen LogP contribution < -0.4 is 0 Å². The number of halogens is 2. The number of fused-ring (bicyclic) bond motifs is 1. The topological polar surface area (TPSA) is 37.1 Å². The van der Waals surface area contributed by atoms with Crippen molar-refractivity contribution in [1.82, 2.24) is 0 Å². The van der Waals surface area contributed by atoms with Crippen molar-refractivity contribution in [2.45, 2.75) is 6.42 Å². The maximum Gasteiger partial charge on any atom is 0.181 e. The summed E-state index contributed by atoms with van der Waals surface area (Å²) >= 11 is 9.06. The predicted molar refractivity (Wildman–Crippen MR) is 46.8 cm³/mol. The van der Waals surface area contributed by atoms with E-state index in [9.17, 15) is 0 Å². The number of nitrogens with zero attached hydrogens (tertiary/aromatic N) is 3. The third-order valence-electron chi connectivity index (χ3n) is 1.43. The number of rotatable bonds is 0. The molecule has 0 spiro atoms. The Hall–Kier alpha value is -0.480. The second kappa shape index (κ2) is 2.53. The first-order valence-electron chi connectivity index (χ1n) is 3.00. The van der Waals surface area contributed by atoms with E-state index < -0.39 is 0 Å². The SMILES string of the molecule is ClC1=C(Br)CC2=CN=NC2=N1. The lowest BCUT2D eigenvalue weighted by molar-refractivity contribution is 1.21. The number of allylic oxidation sites excluding steroid dienone is 1. The fourth-order valence-corrected chi connectivity index (χ4v) is 1.43. The molecule has 0 aromatic rings. The standard InChI is InChI=1S/C6H3BrClN3/c7-4-1-3-2-9-11-6(3)10-5(4)8/h2H,1H2. The highest BCUT2D eigenvalue weighted by molar-refractivity contribution is 9.11. The summed E-state index contributed by atoms with van der Waals surface area (Å²) in [5.74, 6) is 0.637. The largest absolute Gasteiger partial charge is 0.214 e. The predicted octanol–water partition coefficient (Wildman–Crippen LogP) is 2.94. The molecule has 0 aromatic carbocycles. The van der Waals surface area contributed by atoms with E-state index in [0.717, 1.165) is 16.5 Å². The van der Waals surface area contributed by atoms with Crippen LogP contribution in [0.4, 0.5) is 0 Å². The Kier molecular flexibility index (Phi) is 1.65. The molecule has 0 N–H and O–H groups in total. The molecule has 2 aliphatic rings. The smallest absolute Gasteiger partial charge is 0.181 e. The second-order valence-corrected chi connectivity index (χ2v) is 3.49. The van der Waals surface area contributed by atoms with E-state index in [1.165, 1.54) is 0 Å². The van der Waals surface area contributed by atoms with E-state index in [-0.39, 0.29) is 0 Å². The van der Waals surface area contributed by atoms with Crippen LogP contribution in [0.25, 0.3) is 0 Å². The van der Waals surface area contributed by atoms with Crippen LogP contribution in [0.2, 0.25) is 0 Å². The zero-order valence-electron chi connectivity index (χ0n) is 5.38. The molecule has 0 atom stereocenters. The van der Waals surface area contributed by atoms with Crippen molar-refractivity contribution in [3.8, 4) is 0 Å². The average Bonchev–Trinajstić information content (AvgIpc) is 2.36. The lowest BCUT2D eigenvalue weighted by Gasteiger charge is -2.07. The van der Waals surface area contributed by atoms with Crippen LogP contribution in [0.1, 0.15) is 6.42 Å². The van der Waals surface area contributed by atoms with Gasteiger partial charge in [-0.25, -0.2) is 4.99 Å². The Balaban J connectivity index is 2.46. The van der Waals surface area contributed by atoms with Crippen LogP contribution in [0.5, 0.6) is 0 Å². The monoisotopic (exact) mass is 231 g/mol. The molecular formula is C6H3BrClN3. The van der Waals surface area contributed by atoms with Gasteiger partial charge in [-0.3, -0.25) is 0 Å². The third-order valence-corrected chi connectivity index (χ3v) is 2.62. The first-order chi connectivity index (χ1) is 5.27. The summed E-state index contributed by atoms with van der Waals surface area (Å²) in [6.45, 7) is 0. The molecule has 5 heteroatoms. The summed E-state index contributed by atoms with van der Waals surface area (Å²) in [5.41, 5.74) is 1.02. The number of aliphatic imine (C=N–C) groups is 1. The molecule has 0 aromatic heterocycles. The zero-order valence-corrected chi connectivity index (χ0v) is 7.72. The van der Waals surface area contributed by atoms with Crippen molar-refractivity contribution in [3.63, 3.8) is 0 Å². The Morgan fingerprint density at radius 3 is 3.18 bits per heavy atom. The lowest BCUT2D eigenvalue weighted by atomic mass is 10.1. The number of hydrogen-bond acceptors (Lipinski definition) is 3. The molecule has 11 heavy (non-hydrogen) atoms. The summed E-state index contributed by atoms with van der Waals surface area (Å²) in [6.07, 6.45) is 2.44. The molecule has 0 aliphatic carbocycles. The number of amidine groups is 1. The van der Waals surface area contributed by atoms with Gasteiger partial charge in [0.1, 0.15) is 5.16 Å². The van der Waals surface area contributed by atoms with Gasteiger partial charge in [0.2, 0.25) is 0 Å². The molecule has 2 aliphatic heterocycles. The van der Waals surface area contributed by atoms with Crippen molar-refractivity contribution in [3.05, 3.63) is 21.4 Å². The third kappa shape index (κ3) is 1.16. The van der Waals surface area contributed by atoms with Crippen molar-refractivity contribution in [2.75, 3.05) is 0 Å². The molecule has 2 heterocycles. The molecule has 56 valence electrons. The number of hydrogen-bond donors (Lipinski definition) is 0. The Bertz CT molecular complexity index is 327. The van der Waals surface area contributed by atoms with Gasteiger partial charge in [0, 0.05) is 16.5 Å². The molecule has 0 fully saturated rings. The van der Waals surface area contributed by atoms with Crippen LogP contribution in [-0.4, -0.2) is 5.84 Å². The van der Waals surface area contributed by atoms with E-state index in [1.807, 2.05) is 0 Å². The van der Waals surface area contributed by atoms with Gasteiger partial charge < -0.3 is 0 Å². The minimum absolute atomic E-state index is 0.470. The maximum absolute atomic E-state index is 5.75. The normalized spacial score (nSPS) is 21.6. The summed E-state index contributed by atoms with van der Waals surface area (Å²) in [5, 5.41) is 7.98. The minimum atomic E-state index is 0.470. The average molecular weight is 232 g/mol. The van der Waals surface area contributed by atoms with E-state index in [4.69, 9.17) is 11.6 Å². The van der Waals surface area contributed by atoms with Gasteiger partial charge >= 0.3 is 0 Å². The van der Waals surface area contributed by atoms with E-state index in [1.54, 1.807) is 6.20 Å². The van der Waals surface area contributed by atoms with Crippen LogP contribution in [0, 0.1) is 0 Å². The van der Waals surface area contributed by atoms with Gasteiger partial charge in [-0.2, -0.15) is 5.11 Å². The Morgan fingerprint density at radius 1 is 1.55 bits per heavy atom. The van der Waals surface area contributed by atoms with Crippen LogP contribution >= 0.6 is 27.5 Å². The molecule has 0 amide bonds. The Morgan fingerprint density at radius 2 is 2.36 bits per heavy atom. The first-order valence-corrected chi connectivity index (χ1v) is 4.17. The van der Waals surface area contributed by atoms with Crippen LogP contribution in [0.3, 0.4) is 0 Å². The summed E-state index contributed by atoms with van der Waals surface area (Å²) in [6, 6.07) is 0. The highest BCUT2D eigenvalue weighted by Crippen LogP contribution is 2.32. The summed E-state index contributed by atoms with van der Waals surface area (Å²) < 4.78 is 0.890. The first kappa shape index (κ1) is 7.18. The van der Waals surface area contributed by atoms with Crippen molar-refractivity contribution in [1.29, 1.82) is 0 Å². The molecule has 0 bridgehead atoms. The van der Waals surface area contributed by atoms with Gasteiger partial charge in [0.15, 0.2) is 5.84 Å². The van der Waals surface area contributed by atoms with Gasteiger partial charge in [-0.15, -0.1) is 5.11 Å². The van der Waals surface area contributed by atoms with Gasteiger partial charge in [0.25, 0.3) is 0 Å². The van der Waals surface area contributed by atoms with Crippen molar-refractivity contribution < 1.29 is 0 Å². The van der Waals surface area contributed by atoms with Crippen molar-refractivity contribution >= 4 is 33.4 Å². The maximum atomic E-state index is 5.75. The van der Waals surface area contributed by atoms with Gasteiger partial charge in [-0.1, -0.05) is 27.5 Å². The highest BCUT2D eigenvalue weighted by Gasteiger charge is 2.19. The van der Waals surface area contributed by atoms with E-state index >= 15 is 0 Å². The van der Waals surface area contributed by atoms with Crippen LogP contribution in [0.15, 0.2) is 36.6 Å². The van der Waals surface area contributed by atoms with Crippen molar-refractivity contribution in [2.24, 2.45) is 15.2 Å². The summed E-state index contributed by atoms with van der Waals surface area (Å²) in [4.78, 5) is 4.01. The van der Waals surface area contributed by atoms with E-state index in [2.05, 4.69) is 31.2 Å². The molecule has 0 saturated carbocycles.